The van der Waals surface area contributed by atoms with E-state index in [2.05, 4.69) is 15.9 Å². The zero-order valence-corrected chi connectivity index (χ0v) is 10.1. The summed E-state index contributed by atoms with van der Waals surface area (Å²) in [5, 5.41) is 0. The van der Waals surface area contributed by atoms with Crippen LogP contribution in [0.1, 0.15) is 13.3 Å². The molecular weight excluding hydrogens is 260 g/mol. The largest absolute Gasteiger partial charge is 0.490 e. The van der Waals surface area contributed by atoms with E-state index in [1.807, 2.05) is 25.1 Å². The molecule has 0 N–H and O–H groups in total. The van der Waals surface area contributed by atoms with Crippen molar-refractivity contribution < 1.29 is 14.3 Å². The van der Waals surface area contributed by atoms with E-state index in [0.717, 1.165) is 10.8 Å². The van der Waals surface area contributed by atoms with E-state index in [4.69, 9.17) is 9.47 Å². The van der Waals surface area contributed by atoms with Crippen LogP contribution in [0, 0.1) is 0 Å². The van der Waals surface area contributed by atoms with Crippen molar-refractivity contribution in [1.29, 1.82) is 0 Å². The minimum atomic E-state index is 0.380. The van der Waals surface area contributed by atoms with Gasteiger partial charge >= 0.3 is 0 Å². The Balaban J connectivity index is 2.71. The fraction of sp³-hybridized carbons (Fsp3) is 0.364. The predicted molar refractivity (Wildman–Crippen MR) is 61.5 cm³/mol. The van der Waals surface area contributed by atoms with Crippen LogP contribution in [0.15, 0.2) is 22.7 Å². The molecule has 3 nitrogen and oxygen atoms in total. The van der Waals surface area contributed by atoms with Gasteiger partial charge in [-0.25, -0.2) is 0 Å². The van der Waals surface area contributed by atoms with Crippen molar-refractivity contribution in [2.24, 2.45) is 0 Å². The molecule has 1 aromatic carbocycles. The van der Waals surface area contributed by atoms with E-state index in [9.17, 15) is 4.79 Å². The van der Waals surface area contributed by atoms with Crippen LogP contribution in [0.2, 0.25) is 0 Å². The van der Waals surface area contributed by atoms with Crippen LogP contribution in [-0.2, 0) is 4.79 Å². The number of carbonyl (C=O) groups is 1. The Bertz CT molecular complexity index is 326. The molecule has 0 spiro atoms. The third-order valence-electron chi connectivity index (χ3n) is 1.70. The molecule has 1 rings (SSSR count). The molecule has 0 heterocycles. The normalized spacial score (nSPS) is 9.73. The lowest BCUT2D eigenvalue weighted by Gasteiger charge is -2.11. The first-order valence-corrected chi connectivity index (χ1v) is 5.56. The molecule has 0 aliphatic heterocycles. The number of halogens is 1. The number of aldehydes is 1. The molecule has 82 valence electrons. The number of rotatable bonds is 6. The molecule has 0 aliphatic carbocycles. The molecule has 0 atom stereocenters. The van der Waals surface area contributed by atoms with Crippen molar-refractivity contribution in [3.63, 3.8) is 0 Å². The summed E-state index contributed by atoms with van der Waals surface area (Å²) in [6.45, 7) is 2.88. The number of benzene rings is 1. The van der Waals surface area contributed by atoms with Gasteiger partial charge in [0.1, 0.15) is 6.29 Å². The van der Waals surface area contributed by atoms with Gasteiger partial charge in [0, 0.05) is 10.9 Å². The highest BCUT2D eigenvalue weighted by molar-refractivity contribution is 9.10. The van der Waals surface area contributed by atoms with Crippen molar-refractivity contribution in [2.75, 3.05) is 13.2 Å². The van der Waals surface area contributed by atoms with Crippen LogP contribution >= 0.6 is 15.9 Å². The van der Waals surface area contributed by atoms with Crippen molar-refractivity contribution in [1.82, 2.24) is 0 Å². The van der Waals surface area contributed by atoms with Crippen LogP contribution in [0.3, 0.4) is 0 Å². The molecule has 0 amide bonds. The van der Waals surface area contributed by atoms with E-state index in [0.29, 0.717) is 31.1 Å². The Kier molecular flexibility index (Phi) is 5.18. The van der Waals surface area contributed by atoms with Gasteiger partial charge in [-0.3, -0.25) is 0 Å². The quantitative estimate of drug-likeness (QED) is 0.590. The monoisotopic (exact) mass is 272 g/mol. The Morgan fingerprint density at radius 3 is 2.80 bits per heavy atom. The van der Waals surface area contributed by atoms with Gasteiger partial charge in [0.15, 0.2) is 11.5 Å². The molecule has 0 unspecified atom stereocenters. The Labute approximate surface area is 97.5 Å². The first-order valence-electron chi connectivity index (χ1n) is 4.76. The van der Waals surface area contributed by atoms with Crippen LogP contribution in [0.5, 0.6) is 11.5 Å². The highest BCUT2D eigenvalue weighted by Gasteiger charge is 2.04. The summed E-state index contributed by atoms with van der Waals surface area (Å²) in [6, 6.07) is 5.54. The lowest BCUT2D eigenvalue weighted by molar-refractivity contribution is -0.108. The molecule has 0 radical (unpaired) electrons. The standard InChI is InChI=1S/C11H13BrO3/c1-2-14-11-8-9(12)4-5-10(11)15-7-3-6-13/h4-6,8H,2-3,7H2,1H3. The van der Waals surface area contributed by atoms with Crippen molar-refractivity contribution >= 4 is 22.2 Å². The number of hydrogen-bond donors (Lipinski definition) is 0. The third-order valence-corrected chi connectivity index (χ3v) is 2.19. The van der Waals surface area contributed by atoms with E-state index in [1.165, 1.54) is 0 Å². The smallest absolute Gasteiger partial charge is 0.162 e. The summed E-state index contributed by atoms with van der Waals surface area (Å²) >= 11 is 3.36. The van der Waals surface area contributed by atoms with Gasteiger partial charge in [-0.15, -0.1) is 0 Å². The zero-order valence-electron chi connectivity index (χ0n) is 8.53. The third kappa shape index (κ3) is 3.91. The topological polar surface area (TPSA) is 35.5 Å². The molecule has 0 saturated heterocycles. The van der Waals surface area contributed by atoms with Crippen LogP contribution in [0.4, 0.5) is 0 Å². The molecule has 0 bridgehead atoms. The zero-order chi connectivity index (χ0) is 11.1. The van der Waals surface area contributed by atoms with Gasteiger partial charge in [0.25, 0.3) is 0 Å². The van der Waals surface area contributed by atoms with Crippen LogP contribution < -0.4 is 9.47 Å². The average Bonchev–Trinajstić information content (AvgIpc) is 2.22. The maximum Gasteiger partial charge on any atom is 0.162 e. The fourth-order valence-corrected chi connectivity index (χ4v) is 1.43. The second-order valence-electron chi connectivity index (χ2n) is 2.83. The first-order chi connectivity index (χ1) is 7.27. The summed E-state index contributed by atoms with van der Waals surface area (Å²) < 4.78 is 11.8. The van der Waals surface area contributed by atoms with E-state index < -0.39 is 0 Å². The fourth-order valence-electron chi connectivity index (χ4n) is 1.09. The van der Waals surface area contributed by atoms with Crippen molar-refractivity contribution in [3.05, 3.63) is 22.7 Å². The molecule has 0 aliphatic rings. The summed E-state index contributed by atoms with van der Waals surface area (Å²) in [5.41, 5.74) is 0. The van der Waals surface area contributed by atoms with Gasteiger partial charge in [0.05, 0.1) is 13.2 Å². The van der Waals surface area contributed by atoms with Crippen LogP contribution in [-0.4, -0.2) is 19.5 Å². The number of hydrogen-bond acceptors (Lipinski definition) is 3. The van der Waals surface area contributed by atoms with Gasteiger partial charge in [-0.1, -0.05) is 15.9 Å². The molecule has 4 heteroatoms. The predicted octanol–water partition coefficient (Wildman–Crippen LogP) is 2.82. The molecule has 1 aromatic rings. The average molecular weight is 273 g/mol. The Morgan fingerprint density at radius 2 is 2.13 bits per heavy atom. The Hall–Kier alpha value is -1.03. The van der Waals surface area contributed by atoms with Gasteiger partial charge < -0.3 is 14.3 Å². The van der Waals surface area contributed by atoms with Gasteiger partial charge in [-0.2, -0.15) is 0 Å². The summed E-state index contributed by atoms with van der Waals surface area (Å²) in [4.78, 5) is 10.1. The highest BCUT2D eigenvalue weighted by Crippen LogP contribution is 2.30. The van der Waals surface area contributed by atoms with Crippen molar-refractivity contribution in [2.45, 2.75) is 13.3 Å². The minimum absolute atomic E-state index is 0.380. The summed E-state index contributed by atoms with van der Waals surface area (Å²) in [5.74, 6) is 1.36. The van der Waals surface area contributed by atoms with Gasteiger partial charge in [0.2, 0.25) is 0 Å². The first kappa shape index (κ1) is 12.0. The van der Waals surface area contributed by atoms with E-state index in [-0.39, 0.29) is 0 Å². The lowest BCUT2D eigenvalue weighted by Crippen LogP contribution is -2.01. The van der Waals surface area contributed by atoms with Gasteiger partial charge in [-0.05, 0) is 25.1 Å². The SMILES string of the molecule is CCOc1cc(Br)ccc1OCCC=O. The van der Waals surface area contributed by atoms with E-state index >= 15 is 0 Å². The summed E-state index contributed by atoms with van der Waals surface area (Å²) in [6.07, 6.45) is 1.22. The second-order valence-corrected chi connectivity index (χ2v) is 3.74. The maximum atomic E-state index is 10.1. The highest BCUT2D eigenvalue weighted by atomic mass is 79.9. The molecule has 0 aromatic heterocycles. The lowest BCUT2D eigenvalue weighted by atomic mass is 10.3. The number of ether oxygens (including phenoxy) is 2. The second kappa shape index (κ2) is 6.45. The summed E-state index contributed by atoms with van der Waals surface area (Å²) in [7, 11) is 0. The van der Waals surface area contributed by atoms with Crippen molar-refractivity contribution in [3.8, 4) is 11.5 Å². The van der Waals surface area contributed by atoms with Crippen LogP contribution in [0.25, 0.3) is 0 Å². The Morgan fingerprint density at radius 1 is 1.33 bits per heavy atom. The molecule has 0 saturated carbocycles. The molecule has 0 fully saturated rings. The number of carbonyl (C=O) groups excluding carboxylic acids is 1. The maximum absolute atomic E-state index is 10.1. The molecular formula is C11H13BrO3. The van der Waals surface area contributed by atoms with E-state index in [1.54, 1.807) is 0 Å². The minimum Gasteiger partial charge on any atom is -0.490 e. The molecule has 15 heavy (non-hydrogen) atoms.